The summed E-state index contributed by atoms with van der Waals surface area (Å²) in [6.07, 6.45) is 4.74. The molecule has 0 aromatic heterocycles. The summed E-state index contributed by atoms with van der Waals surface area (Å²) in [7, 11) is 1.68. The van der Waals surface area contributed by atoms with Gasteiger partial charge in [0.25, 0.3) is 0 Å². The molecule has 31 heavy (non-hydrogen) atoms. The van der Waals surface area contributed by atoms with Crippen LogP contribution in [0.3, 0.4) is 0 Å². The summed E-state index contributed by atoms with van der Waals surface area (Å²) in [6.45, 7) is 3.86. The Kier molecular flexibility index (Phi) is 8.35. The average Bonchev–Trinajstić information content (AvgIpc) is 2.79. The molecule has 0 bridgehead atoms. The van der Waals surface area contributed by atoms with E-state index in [-0.39, 0.29) is 5.92 Å². The smallest absolute Gasteiger partial charge is 0.209 e. The summed E-state index contributed by atoms with van der Waals surface area (Å²) in [6, 6.07) is 13.3. The van der Waals surface area contributed by atoms with Gasteiger partial charge in [-0.3, -0.25) is 4.79 Å². The molecule has 2 atom stereocenters. The van der Waals surface area contributed by atoms with Crippen LogP contribution in [-0.2, 0) is 15.1 Å². The third kappa shape index (κ3) is 5.59. The first kappa shape index (κ1) is 23.6. The first-order valence-electron chi connectivity index (χ1n) is 10.9. The van der Waals surface area contributed by atoms with Crippen molar-refractivity contribution in [3.8, 4) is 11.5 Å². The molecule has 2 aromatic rings. The first-order chi connectivity index (χ1) is 15.0. The molecular weight excluding hydrogens is 414 g/mol. The number of amides is 1. The van der Waals surface area contributed by atoms with Crippen molar-refractivity contribution in [3.05, 3.63) is 58.6 Å². The summed E-state index contributed by atoms with van der Waals surface area (Å²) in [5.74, 6) is 1.08. The average molecular weight is 446 g/mol. The third-order valence-electron chi connectivity index (χ3n) is 6.17. The minimum Gasteiger partial charge on any atom is -0.455 e. The maximum absolute atomic E-state index is 12.2. The Labute approximate surface area is 189 Å². The van der Waals surface area contributed by atoms with Crippen molar-refractivity contribution in [2.45, 2.75) is 44.6 Å². The van der Waals surface area contributed by atoms with Gasteiger partial charge in [-0.15, -0.1) is 0 Å². The van der Waals surface area contributed by atoms with Gasteiger partial charge >= 0.3 is 0 Å². The van der Waals surface area contributed by atoms with Gasteiger partial charge in [-0.05, 0) is 56.7 Å². The van der Waals surface area contributed by atoms with E-state index in [9.17, 15) is 9.90 Å². The van der Waals surface area contributed by atoms with Crippen LogP contribution in [0.4, 0.5) is 0 Å². The largest absolute Gasteiger partial charge is 0.455 e. The molecule has 0 spiro atoms. The molecular formula is C25H32ClNO4. The van der Waals surface area contributed by atoms with Crippen molar-refractivity contribution in [2.75, 3.05) is 26.8 Å². The zero-order valence-electron chi connectivity index (χ0n) is 18.4. The Morgan fingerprint density at radius 1 is 1.23 bits per heavy atom. The molecule has 2 aromatic carbocycles. The number of para-hydroxylation sites is 2. The highest BCUT2D eigenvalue weighted by molar-refractivity contribution is 6.32. The van der Waals surface area contributed by atoms with Crippen molar-refractivity contribution in [1.29, 1.82) is 0 Å². The first-order valence-corrected chi connectivity index (χ1v) is 11.3. The number of piperidine rings is 1. The normalized spacial score (nSPS) is 18.5. The number of unbranched alkanes of at least 4 members (excludes halogenated alkanes) is 1. The fourth-order valence-corrected chi connectivity index (χ4v) is 4.64. The maximum Gasteiger partial charge on any atom is 0.209 e. The molecule has 6 heteroatoms. The van der Waals surface area contributed by atoms with Crippen LogP contribution in [-0.4, -0.2) is 43.2 Å². The van der Waals surface area contributed by atoms with Crippen LogP contribution in [0, 0.1) is 12.8 Å². The number of methoxy groups -OCH3 is 1. The Morgan fingerprint density at radius 3 is 2.77 bits per heavy atom. The van der Waals surface area contributed by atoms with Gasteiger partial charge < -0.3 is 19.5 Å². The molecule has 1 N–H and O–H groups in total. The zero-order valence-corrected chi connectivity index (χ0v) is 19.1. The molecule has 1 amide bonds. The number of benzene rings is 2. The van der Waals surface area contributed by atoms with Crippen LogP contribution in [0.2, 0.25) is 5.02 Å². The molecule has 1 heterocycles. The Hall–Kier alpha value is -2.08. The molecule has 168 valence electrons. The molecule has 3 rings (SSSR count). The van der Waals surface area contributed by atoms with Crippen LogP contribution in [0.15, 0.2) is 42.5 Å². The monoisotopic (exact) mass is 445 g/mol. The number of aliphatic hydroxyl groups is 1. The third-order valence-corrected chi connectivity index (χ3v) is 6.47. The lowest BCUT2D eigenvalue weighted by atomic mass is 9.73. The summed E-state index contributed by atoms with van der Waals surface area (Å²) < 4.78 is 11.5. The van der Waals surface area contributed by atoms with Crippen LogP contribution in [0.1, 0.15) is 43.2 Å². The second-order valence-corrected chi connectivity index (χ2v) is 8.70. The van der Waals surface area contributed by atoms with Gasteiger partial charge in [0.05, 0.1) is 10.6 Å². The minimum absolute atomic E-state index is 0.105. The fraction of sp³-hybridized carbons (Fsp3) is 0.480. The number of ether oxygens (including phenoxy) is 2. The highest BCUT2D eigenvalue weighted by Crippen LogP contribution is 2.46. The van der Waals surface area contributed by atoms with Gasteiger partial charge in [-0.1, -0.05) is 41.9 Å². The van der Waals surface area contributed by atoms with E-state index in [1.807, 2.05) is 43.3 Å². The number of carbonyl (C=O) groups excluding carboxylic acids is 1. The van der Waals surface area contributed by atoms with Crippen molar-refractivity contribution < 1.29 is 19.4 Å². The lowest BCUT2D eigenvalue weighted by Gasteiger charge is -2.42. The number of nitrogens with zero attached hydrogens (tertiary/aromatic N) is 1. The number of halogens is 1. The van der Waals surface area contributed by atoms with E-state index in [0.29, 0.717) is 41.7 Å². The Morgan fingerprint density at radius 2 is 2.03 bits per heavy atom. The molecule has 0 radical (unpaired) electrons. The highest BCUT2D eigenvalue weighted by atomic mass is 35.5. The Balaban J connectivity index is 2.00. The van der Waals surface area contributed by atoms with Crippen molar-refractivity contribution in [3.63, 3.8) is 0 Å². The van der Waals surface area contributed by atoms with Crippen LogP contribution < -0.4 is 4.74 Å². The van der Waals surface area contributed by atoms with Crippen LogP contribution in [0.5, 0.6) is 11.5 Å². The van der Waals surface area contributed by atoms with Gasteiger partial charge in [0.1, 0.15) is 5.75 Å². The van der Waals surface area contributed by atoms with E-state index in [1.165, 1.54) is 0 Å². The second-order valence-electron chi connectivity index (χ2n) is 8.30. The second kappa shape index (κ2) is 11.0. The quantitative estimate of drug-likeness (QED) is 0.397. The molecule has 0 saturated carbocycles. The van der Waals surface area contributed by atoms with Crippen molar-refractivity contribution >= 4 is 18.0 Å². The number of carbonyl (C=O) groups is 1. The zero-order chi connectivity index (χ0) is 22.3. The molecule has 1 aliphatic rings. The van der Waals surface area contributed by atoms with E-state index >= 15 is 0 Å². The summed E-state index contributed by atoms with van der Waals surface area (Å²) >= 11 is 6.59. The van der Waals surface area contributed by atoms with E-state index in [4.69, 9.17) is 21.1 Å². The molecule has 5 nitrogen and oxygen atoms in total. The van der Waals surface area contributed by atoms with Gasteiger partial charge in [-0.25, -0.2) is 0 Å². The topological polar surface area (TPSA) is 59.0 Å². The van der Waals surface area contributed by atoms with Gasteiger partial charge in [0.2, 0.25) is 6.41 Å². The number of hydrogen-bond donors (Lipinski definition) is 1. The summed E-state index contributed by atoms with van der Waals surface area (Å²) in [5.41, 5.74) is 0.499. The number of hydrogen-bond acceptors (Lipinski definition) is 4. The minimum atomic E-state index is -1.17. The molecule has 1 aliphatic heterocycles. The predicted octanol–water partition coefficient (Wildman–Crippen LogP) is 5.31. The van der Waals surface area contributed by atoms with E-state index in [1.54, 1.807) is 18.1 Å². The lowest BCUT2D eigenvalue weighted by Crippen LogP contribution is -2.46. The SMILES string of the molecule is COCCCCC(O)(c1cccc(Cl)c1Oc1ccccc1C)C1CCCN(C=O)C1. The van der Waals surface area contributed by atoms with Gasteiger partial charge in [0.15, 0.2) is 5.75 Å². The molecule has 0 aliphatic carbocycles. The fourth-order valence-electron chi connectivity index (χ4n) is 4.43. The molecule has 1 fully saturated rings. The van der Waals surface area contributed by atoms with Crippen LogP contribution in [0.25, 0.3) is 0 Å². The van der Waals surface area contributed by atoms with Gasteiger partial charge in [0, 0.05) is 38.3 Å². The predicted molar refractivity (Wildman–Crippen MR) is 123 cm³/mol. The number of aryl methyl sites for hydroxylation is 1. The van der Waals surface area contributed by atoms with Crippen molar-refractivity contribution in [1.82, 2.24) is 4.90 Å². The number of rotatable bonds is 10. The summed E-state index contributed by atoms with van der Waals surface area (Å²) in [4.78, 5) is 13.2. The summed E-state index contributed by atoms with van der Waals surface area (Å²) in [5, 5.41) is 12.6. The van der Waals surface area contributed by atoms with E-state index in [0.717, 1.165) is 44.2 Å². The van der Waals surface area contributed by atoms with E-state index in [2.05, 4.69) is 0 Å². The van der Waals surface area contributed by atoms with Crippen LogP contribution >= 0.6 is 11.6 Å². The van der Waals surface area contributed by atoms with Crippen molar-refractivity contribution in [2.24, 2.45) is 5.92 Å². The molecule has 1 saturated heterocycles. The Bertz CT molecular complexity index is 874. The highest BCUT2D eigenvalue weighted by Gasteiger charge is 2.42. The maximum atomic E-state index is 12.2. The number of likely N-dealkylation sites (tertiary alicyclic amines) is 1. The molecule has 2 unspecified atom stereocenters. The van der Waals surface area contributed by atoms with Gasteiger partial charge in [-0.2, -0.15) is 0 Å². The lowest BCUT2D eigenvalue weighted by molar-refractivity contribution is -0.123. The van der Waals surface area contributed by atoms with E-state index < -0.39 is 5.60 Å². The standard InChI is InChI=1S/C25H32ClNO4/c1-19-9-3-4-13-23(19)31-24-21(11-7-12-22(24)26)25(29,14-5-6-16-30-2)20-10-8-15-27(17-20)18-28/h3-4,7,9,11-13,18,20,29H,5-6,8,10,14-17H2,1-2H3.